The maximum Gasteiger partial charge on any atom is -0.00211 e. The fourth-order valence-electron chi connectivity index (χ4n) is 6.62. The molecule has 0 amide bonds. The molecule has 0 saturated heterocycles. The third-order valence-electron chi connectivity index (χ3n) is 8.45. The quantitative estimate of drug-likeness (QED) is 0.117. The van der Waals surface area contributed by atoms with Crippen LogP contribution in [-0.2, 0) is 6.42 Å². The van der Waals surface area contributed by atoms with Crippen LogP contribution in [0.4, 0.5) is 0 Å². The first-order valence-electron chi connectivity index (χ1n) is 14.4. The Labute approximate surface area is 238 Å². The monoisotopic (exact) mass is 516 g/mol. The summed E-state index contributed by atoms with van der Waals surface area (Å²) in [4.78, 5) is 0. The van der Waals surface area contributed by atoms with Crippen LogP contribution in [0.1, 0.15) is 46.7 Å². The standard InChI is InChI=1S/C40H36/c1-6-15-34-32(22-14-23-35(34)31-18-10-8-16-26(31)3)29(7-2)25-38-28(5)39-27(4)24-30-17-9-11-19-33(30)40(39)37-21-13-12-20-36(37)38/h7-14,16-25H,2,6,15H2,1,3-5H3/b29-25+. The van der Waals surface area contributed by atoms with Crippen molar-refractivity contribution >= 4 is 44.0 Å². The van der Waals surface area contributed by atoms with Crippen molar-refractivity contribution in [2.45, 2.75) is 40.5 Å². The molecule has 0 aliphatic carbocycles. The van der Waals surface area contributed by atoms with E-state index in [2.05, 4.69) is 137 Å². The molecule has 6 aromatic carbocycles. The van der Waals surface area contributed by atoms with Crippen molar-refractivity contribution in [3.8, 4) is 11.1 Å². The molecule has 40 heavy (non-hydrogen) atoms. The van der Waals surface area contributed by atoms with Gasteiger partial charge in [0, 0.05) is 0 Å². The summed E-state index contributed by atoms with van der Waals surface area (Å²) in [6.45, 7) is 13.3. The van der Waals surface area contributed by atoms with Crippen LogP contribution in [0.25, 0.3) is 55.1 Å². The smallest absolute Gasteiger partial charge is 0.00211 e. The SMILES string of the molecule is C=C/C(=C\c1c(C)c2c(C)cc3ccccc3c2c2ccccc12)c1cccc(-c2ccccc2C)c1CCC. The van der Waals surface area contributed by atoms with Gasteiger partial charge in [0.15, 0.2) is 0 Å². The summed E-state index contributed by atoms with van der Waals surface area (Å²) in [5.74, 6) is 0. The molecule has 0 fully saturated rings. The topological polar surface area (TPSA) is 0 Å². The summed E-state index contributed by atoms with van der Waals surface area (Å²) < 4.78 is 0. The van der Waals surface area contributed by atoms with Crippen LogP contribution >= 0.6 is 0 Å². The Bertz CT molecular complexity index is 1950. The molecule has 196 valence electrons. The first-order chi connectivity index (χ1) is 19.5. The zero-order valence-corrected chi connectivity index (χ0v) is 24.0. The lowest BCUT2D eigenvalue weighted by molar-refractivity contribution is 0.920. The molecule has 0 heteroatoms. The van der Waals surface area contributed by atoms with E-state index in [1.165, 1.54) is 82.4 Å². The molecular weight excluding hydrogens is 480 g/mol. The van der Waals surface area contributed by atoms with E-state index < -0.39 is 0 Å². The van der Waals surface area contributed by atoms with Gasteiger partial charge >= 0.3 is 0 Å². The molecule has 0 aromatic heterocycles. The van der Waals surface area contributed by atoms with E-state index in [1.54, 1.807) is 0 Å². The van der Waals surface area contributed by atoms with E-state index in [1.807, 2.05) is 6.08 Å². The number of allylic oxidation sites excluding steroid dienone is 2. The summed E-state index contributed by atoms with van der Waals surface area (Å²) in [5, 5.41) is 7.92. The second-order valence-electron chi connectivity index (χ2n) is 10.9. The molecule has 0 heterocycles. The highest BCUT2D eigenvalue weighted by molar-refractivity contribution is 6.24. The molecule has 0 saturated carbocycles. The van der Waals surface area contributed by atoms with Gasteiger partial charge in [0.1, 0.15) is 0 Å². The minimum absolute atomic E-state index is 1.02. The van der Waals surface area contributed by atoms with Gasteiger partial charge in [0.05, 0.1) is 0 Å². The first-order valence-corrected chi connectivity index (χ1v) is 14.4. The molecule has 0 aliphatic heterocycles. The minimum atomic E-state index is 1.02. The molecule has 0 nitrogen and oxygen atoms in total. The van der Waals surface area contributed by atoms with Crippen LogP contribution in [0.3, 0.4) is 0 Å². The van der Waals surface area contributed by atoms with Gasteiger partial charge in [-0.1, -0.05) is 123 Å². The first kappa shape index (κ1) is 25.8. The number of hydrogen-bond donors (Lipinski definition) is 0. The van der Waals surface area contributed by atoms with Gasteiger partial charge in [-0.05, 0) is 116 Å². The molecule has 6 aromatic rings. The Morgan fingerprint density at radius 3 is 2.10 bits per heavy atom. The lowest BCUT2D eigenvalue weighted by Crippen LogP contribution is -1.98. The molecule has 0 radical (unpaired) electrons. The highest BCUT2D eigenvalue weighted by Gasteiger charge is 2.17. The molecule has 0 unspecified atom stereocenters. The number of aryl methyl sites for hydroxylation is 3. The zero-order chi connectivity index (χ0) is 27.8. The van der Waals surface area contributed by atoms with Crippen LogP contribution in [-0.4, -0.2) is 0 Å². The van der Waals surface area contributed by atoms with Crippen LogP contribution in [0, 0.1) is 20.8 Å². The summed E-state index contributed by atoms with van der Waals surface area (Å²) in [6.07, 6.45) is 6.54. The molecule has 6 rings (SSSR count). The molecule has 0 atom stereocenters. The van der Waals surface area contributed by atoms with Crippen molar-refractivity contribution in [2.24, 2.45) is 0 Å². The average Bonchev–Trinajstić information content (AvgIpc) is 2.97. The van der Waals surface area contributed by atoms with Crippen molar-refractivity contribution < 1.29 is 0 Å². The van der Waals surface area contributed by atoms with Gasteiger partial charge in [0.25, 0.3) is 0 Å². The van der Waals surface area contributed by atoms with Gasteiger partial charge < -0.3 is 0 Å². The molecule has 0 aliphatic rings. The Balaban J connectivity index is 1.67. The predicted octanol–water partition coefficient (Wildman–Crippen LogP) is 11.4. The van der Waals surface area contributed by atoms with E-state index in [0.29, 0.717) is 0 Å². The fourth-order valence-corrected chi connectivity index (χ4v) is 6.62. The number of rotatable bonds is 6. The van der Waals surface area contributed by atoms with Crippen molar-refractivity contribution in [3.63, 3.8) is 0 Å². The Morgan fingerprint density at radius 1 is 0.675 bits per heavy atom. The van der Waals surface area contributed by atoms with Gasteiger partial charge in [-0.15, -0.1) is 0 Å². The van der Waals surface area contributed by atoms with Crippen molar-refractivity contribution in [1.82, 2.24) is 0 Å². The lowest BCUT2D eigenvalue weighted by Gasteiger charge is -2.19. The van der Waals surface area contributed by atoms with E-state index in [4.69, 9.17) is 0 Å². The highest BCUT2D eigenvalue weighted by atomic mass is 14.2. The third kappa shape index (κ3) is 4.25. The van der Waals surface area contributed by atoms with Crippen LogP contribution < -0.4 is 0 Å². The fraction of sp³-hybridized carbons (Fsp3) is 0.150. The summed E-state index contributed by atoms with van der Waals surface area (Å²) >= 11 is 0. The Kier molecular flexibility index (Phi) is 6.86. The minimum Gasteiger partial charge on any atom is -0.0984 e. The summed E-state index contributed by atoms with van der Waals surface area (Å²) in [7, 11) is 0. The normalized spacial score (nSPS) is 11.9. The van der Waals surface area contributed by atoms with Gasteiger partial charge in [0.2, 0.25) is 0 Å². The van der Waals surface area contributed by atoms with Gasteiger partial charge in [-0.25, -0.2) is 0 Å². The predicted molar refractivity (Wildman–Crippen MR) is 177 cm³/mol. The summed E-state index contributed by atoms with van der Waals surface area (Å²) in [5.41, 5.74) is 11.7. The van der Waals surface area contributed by atoms with E-state index in [9.17, 15) is 0 Å². The maximum atomic E-state index is 4.32. The van der Waals surface area contributed by atoms with E-state index >= 15 is 0 Å². The largest absolute Gasteiger partial charge is 0.0984 e. The van der Waals surface area contributed by atoms with Gasteiger partial charge in [-0.2, -0.15) is 0 Å². The van der Waals surface area contributed by atoms with E-state index in [-0.39, 0.29) is 0 Å². The maximum absolute atomic E-state index is 4.32. The molecule has 0 bridgehead atoms. The van der Waals surface area contributed by atoms with Crippen molar-refractivity contribution in [2.75, 3.05) is 0 Å². The van der Waals surface area contributed by atoms with Crippen LogP contribution in [0.2, 0.25) is 0 Å². The third-order valence-corrected chi connectivity index (χ3v) is 8.45. The number of hydrogen-bond acceptors (Lipinski definition) is 0. The van der Waals surface area contributed by atoms with Crippen LogP contribution in [0.15, 0.2) is 110 Å². The lowest BCUT2D eigenvalue weighted by atomic mass is 9.84. The highest BCUT2D eigenvalue weighted by Crippen LogP contribution is 2.41. The van der Waals surface area contributed by atoms with Gasteiger partial charge in [-0.3, -0.25) is 0 Å². The second-order valence-corrected chi connectivity index (χ2v) is 10.9. The zero-order valence-electron chi connectivity index (χ0n) is 24.0. The number of benzene rings is 6. The second kappa shape index (κ2) is 10.6. The number of fused-ring (bicyclic) bond motifs is 5. The Morgan fingerprint density at radius 2 is 1.35 bits per heavy atom. The van der Waals surface area contributed by atoms with Crippen molar-refractivity contribution in [1.29, 1.82) is 0 Å². The summed E-state index contributed by atoms with van der Waals surface area (Å²) in [6, 6.07) is 35.5. The molecule has 0 spiro atoms. The average molecular weight is 517 g/mol. The molecule has 0 N–H and O–H groups in total. The molecular formula is C40H36. The van der Waals surface area contributed by atoms with Crippen LogP contribution in [0.5, 0.6) is 0 Å². The van der Waals surface area contributed by atoms with E-state index in [0.717, 1.165) is 12.8 Å². The van der Waals surface area contributed by atoms with Crippen molar-refractivity contribution in [3.05, 3.63) is 143 Å². The Hall–Kier alpha value is -4.42.